The molecule has 0 fully saturated rings. The first kappa shape index (κ1) is 22.0. The van der Waals surface area contributed by atoms with Gasteiger partial charge < -0.3 is 5.32 Å². The Balaban J connectivity index is 1.60. The van der Waals surface area contributed by atoms with Gasteiger partial charge in [-0.25, -0.2) is 0 Å². The Morgan fingerprint density at radius 2 is 1.90 bits per heavy atom. The molecular weight excluding hydrogens is 472 g/mol. The lowest BCUT2D eigenvalue weighted by atomic mass is 10.1. The second-order valence-electron chi connectivity index (χ2n) is 5.88. The van der Waals surface area contributed by atoms with Crippen LogP contribution in [0.1, 0.15) is 11.1 Å². The van der Waals surface area contributed by atoms with Gasteiger partial charge in [-0.1, -0.05) is 52.6 Å². The lowest BCUT2D eigenvalue weighted by molar-refractivity contribution is -0.137. The van der Waals surface area contributed by atoms with Crippen molar-refractivity contribution in [2.75, 3.05) is 12.3 Å². The molecule has 2 heterocycles. The van der Waals surface area contributed by atoms with E-state index >= 15 is 0 Å². The highest BCUT2D eigenvalue weighted by Gasteiger charge is 2.32. The number of carbonyl (C=O) groups excluding carboxylic acids is 1. The molecule has 3 rings (SSSR count). The number of hydrogen-bond acceptors (Lipinski definition) is 4. The summed E-state index contributed by atoms with van der Waals surface area (Å²) in [5.41, 5.74) is -0.0114. The van der Waals surface area contributed by atoms with Crippen molar-refractivity contribution in [1.29, 1.82) is 0 Å². The molecule has 0 atom stereocenters. The number of nitrogens with one attached hydrogen (secondary N) is 1. The topological polar surface area (TPSA) is 59.3 Å². The number of thioether (sulfide) groups is 1. The first-order chi connectivity index (χ1) is 13.6. The van der Waals surface area contributed by atoms with Crippen molar-refractivity contribution < 1.29 is 18.0 Å². The Bertz CT molecular complexity index is 1060. The van der Waals surface area contributed by atoms with Crippen molar-refractivity contribution in [3.63, 3.8) is 0 Å². The van der Waals surface area contributed by atoms with E-state index in [1.165, 1.54) is 0 Å². The van der Waals surface area contributed by atoms with Crippen LogP contribution in [0.5, 0.6) is 0 Å². The minimum Gasteiger partial charge on any atom is -0.355 e. The summed E-state index contributed by atoms with van der Waals surface area (Å²) in [6, 6.07) is 5.88. The summed E-state index contributed by atoms with van der Waals surface area (Å²) in [5, 5.41) is 11.3. The second-order valence-corrected chi connectivity index (χ2v) is 8.07. The Labute approximate surface area is 182 Å². The molecule has 3 aromatic rings. The van der Waals surface area contributed by atoms with E-state index in [1.807, 2.05) is 0 Å². The average molecular weight is 484 g/mol. The molecule has 0 aliphatic carbocycles. The van der Waals surface area contributed by atoms with Crippen molar-refractivity contribution in [2.24, 2.45) is 0 Å². The Kier molecular flexibility index (Phi) is 6.83. The molecule has 1 N–H and O–H groups in total. The van der Waals surface area contributed by atoms with E-state index in [9.17, 15) is 18.0 Å². The fourth-order valence-electron chi connectivity index (χ4n) is 2.43. The number of fused-ring (bicyclic) bond motifs is 1. The number of benzene rings is 1. The Morgan fingerprint density at radius 3 is 2.59 bits per heavy atom. The lowest BCUT2D eigenvalue weighted by Gasteiger charge is -2.09. The number of pyridine rings is 1. The molecule has 5 nitrogen and oxygen atoms in total. The van der Waals surface area contributed by atoms with E-state index in [1.54, 1.807) is 18.2 Å². The number of amides is 1. The molecule has 0 saturated heterocycles. The first-order valence-electron chi connectivity index (χ1n) is 8.10. The molecule has 0 aliphatic rings. The van der Waals surface area contributed by atoms with Crippen molar-refractivity contribution >= 4 is 58.1 Å². The highest BCUT2D eigenvalue weighted by Crippen LogP contribution is 2.33. The molecule has 0 radical (unpaired) electrons. The van der Waals surface area contributed by atoms with Gasteiger partial charge in [0, 0.05) is 22.8 Å². The average Bonchev–Trinajstić information content (AvgIpc) is 3.05. The highest BCUT2D eigenvalue weighted by atomic mass is 35.5. The summed E-state index contributed by atoms with van der Waals surface area (Å²) < 4.78 is 40.1. The standard InChI is InChI=1S/C17H12Cl3F3N4OS/c18-11-2-1-9(12(19)6-11)3-4-24-14(28)8-29-16-26-25-15-13(20)5-10(7-27(15)16)17(21,22)23/h1-2,5-7H,3-4,8H2,(H,24,28). The van der Waals surface area contributed by atoms with Crippen LogP contribution < -0.4 is 5.32 Å². The number of hydrogen-bond donors (Lipinski definition) is 1. The fourth-order valence-corrected chi connectivity index (χ4v) is 3.92. The number of aromatic nitrogens is 3. The van der Waals surface area contributed by atoms with Crippen molar-refractivity contribution in [2.45, 2.75) is 17.8 Å². The molecule has 2 aromatic heterocycles. The molecular formula is C17H12Cl3F3N4OS. The molecule has 1 amide bonds. The SMILES string of the molecule is O=C(CSc1nnc2c(Cl)cc(C(F)(F)F)cn12)NCCc1ccc(Cl)cc1Cl. The van der Waals surface area contributed by atoms with Gasteiger partial charge >= 0.3 is 6.18 Å². The quantitative estimate of drug-likeness (QED) is 0.492. The molecule has 12 heteroatoms. The molecule has 0 spiro atoms. The largest absolute Gasteiger partial charge is 0.417 e. The highest BCUT2D eigenvalue weighted by molar-refractivity contribution is 7.99. The zero-order valence-electron chi connectivity index (χ0n) is 14.4. The van der Waals surface area contributed by atoms with Crippen LogP contribution in [0.4, 0.5) is 13.2 Å². The maximum absolute atomic E-state index is 13.0. The van der Waals surface area contributed by atoms with Gasteiger partial charge in [-0.2, -0.15) is 13.2 Å². The van der Waals surface area contributed by atoms with Gasteiger partial charge in [0.1, 0.15) is 0 Å². The molecule has 0 unspecified atom stereocenters. The number of carbonyl (C=O) groups is 1. The number of nitrogens with zero attached hydrogens (tertiary/aromatic N) is 3. The number of rotatable bonds is 6. The predicted octanol–water partition coefficient (Wildman–Crippen LogP) is 5.16. The van der Waals surface area contributed by atoms with Gasteiger partial charge in [0.05, 0.1) is 16.3 Å². The number of halogens is 6. The van der Waals surface area contributed by atoms with Crippen molar-refractivity contribution in [3.05, 3.63) is 56.7 Å². The summed E-state index contributed by atoms with van der Waals surface area (Å²) in [5.74, 6) is -0.363. The van der Waals surface area contributed by atoms with Gasteiger partial charge in [0.2, 0.25) is 5.91 Å². The minimum atomic E-state index is -4.57. The summed E-state index contributed by atoms with van der Waals surface area (Å²) in [6.07, 6.45) is -3.21. The van der Waals surface area contributed by atoms with Gasteiger partial charge in [-0.3, -0.25) is 9.20 Å². The van der Waals surface area contributed by atoms with E-state index in [0.29, 0.717) is 23.0 Å². The molecule has 0 bridgehead atoms. The summed E-state index contributed by atoms with van der Waals surface area (Å²) in [6.45, 7) is 0.339. The zero-order valence-corrected chi connectivity index (χ0v) is 17.5. The van der Waals surface area contributed by atoms with Crippen LogP contribution in [0.25, 0.3) is 5.65 Å². The van der Waals surface area contributed by atoms with Crippen LogP contribution in [0.15, 0.2) is 35.6 Å². The third-order valence-electron chi connectivity index (χ3n) is 3.82. The smallest absolute Gasteiger partial charge is 0.355 e. The molecule has 0 saturated carbocycles. The van der Waals surface area contributed by atoms with Gasteiger partial charge in [0.15, 0.2) is 10.8 Å². The molecule has 29 heavy (non-hydrogen) atoms. The maximum atomic E-state index is 13.0. The fraction of sp³-hybridized carbons (Fsp3) is 0.235. The predicted molar refractivity (Wildman–Crippen MR) is 107 cm³/mol. The van der Waals surface area contributed by atoms with E-state index in [2.05, 4.69) is 15.5 Å². The van der Waals surface area contributed by atoms with Crippen molar-refractivity contribution in [3.8, 4) is 0 Å². The van der Waals surface area contributed by atoms with Crippen molar-refractivity contribution in [1.82, 2.24) is 19.9 Å². The normalized spacial score (nSPS) is 11.8. The van der Waals surface area contributed by atoms with E-state index < -0.39 is 11.7 Å². The van der Waals surface area contributed by atoms with Crippen LogP contribution >= 0.6 is 46.6 Å². The molecule has 0 aliphatic heterocycles. The van der Waals surface area contributed by atoms with Gasteiger partial charge in [-0.15, -0.1) is 10.2 Å². The lowest BCUT2D eigenvalue weighted by Crippen LogP contribution is -2.27. The minimum absolute atomic E-state index is 0.0526. The van der Waals surface area contributed by atoms with Crippen LogP contribution in [0.3, 0.4) is 0 Å². The van der Waals surface area contributed by atoms with Gasteiger partial charge in [-0.05, 0) is 30.2 Å². The summed E-state index contributed by atoms with van der Waals surface area (Å²) in [4.78, 5) is 12.0. The van der Waals surface area contributed by atoms with E-state index in [-0.39, 0.29) is 27.5 Å². The van der Waals surface area contributed by atoms with Crippen LogP contribution in [0.2, 0.25) is 15.1 Å². The molecule has 154 valence electrons. The van der Waals surface area contributed by atoms with Gasteiger partial charge in [0.25, 0.3) is 0 Å². The van der Waals surface area contributed by atoms with Crippen LogP contribution in [0, 0.1) is 0 Å². The maximum Gasteiger partial charge on any atom is 0.417 e. The molecule has 1 aromatic carbocycles. The van der Waals surface area contributed by atoms with Crippen LogP contribution in [-0.4, -0.2) is 32.8 Å². The van der Waals surface area contributed by atoms with Crippen LogP contribution in [-0.2, 0) is 17.4 Å². The monoisotopic (exact) mass is 482 g/mol. The summed E-state index contributed by atoms with van der Waals surface area (Å²) in [7, 11) is 0. The third-order valence-corrected chi connectivity index (χ3v) is 5.63. The third kappa shape index (κ3) is 5.48. The van der Waals surface area contributed by atoms with E-state index in [4.69, 9.17) is 34.8 Å². The Hall–Kier alpha value is -1.68. The first-order valence-corrected chi connectivity index (χ1v) is 10.2. The zero-order chi connectivity index (χ0) is 21.2. The van der Waals surface area contributed by atoms with E-state index in [0.717, 1.165) is 34.0 Å². The number of alkyl halides is 3. The second kappa shape index (κ2) is 8.99. The Morgan fingerprint density at radius 1 is 1.14 bits per heavy atom. The summed E-state index contributed by atoms with van der Waals surface area (Å²) >= 11 is 18.7.